The second-order valence-electron chi connectivity index (χ2n) is 9.82. The van der Waals surface area contributed by atoms with E-state index in [2.05, 4.69) is 26.1 Å². The molecule has 1 atom stereocenters. The Bertz CT molecular complexity index is 663. The fourth-order valence-electron chi connectivity index (χ4n) is 4.13. The van der Waals surface area contributed by atoms with Crippen LogP contribution in [0.1, 0.15) is 78.6 Å². The number of amides is 4. The lowest BCUT2D eigenvalue weighted by atomic mass is 9.80. The molecule has 0 saturated carbocycles. The Morgan fingerprint density at radius 1 is 0.968 bits per heavy atom. The van der Waals surface area contributed by atoms with Crippen LogP contribution in [0.15, 0.2) is 12.2 Å². The minimum atomic E-state index is -0.251. The van der Waals surface area contributed by atoms with Crippen molar-refractivity contribution in [1.29, 1.82) is 0 Å². The predicted octanol–water partition coefficient (Wildman–Crippen LogP) is 3.04. The van der Waals surface area contributed by atoms with Crippen LogP contribution in [-0.2, 0) is 19.2 Å². The van der Waals surface area contributed by atoms with Crippen LogP contribution >= 0.6 is 0 Å². The van der Waals surface area contributed by atoms with Gasteiger partial charge in [0.25, 0.3) is 11.8 Å². The quantitative estimate of drug-likeness (QED) is 0.379. The monoisotopic (exact) mass is 433 g/mol. The van der Waals surface area contributed by atoms with Crippen LogP contribution in [0.25, 0.3) is 0 Å². The molecule has 1 N–H and O–H groups in total. The molecule has 1 saturated heterocycles. The average Bonchev–Trinajstić information content (AvgIpc) is 3.32. The Labute approximate surface area is 186 Å². The fourth-order valence-corrected chi connectivity index (χ4v) is 4.13. The van der Waals surface area contributed by atoms with E-state index >= 15 is 0 Å². The Hall–Kier alpha value is -2.18. The molecular weight excluding hydrogens is 394 g/mol. The van der Waals surface area contributed by atoms with Gasteiger partial charge in [-0.3, -0.25) is 24.1 Å². The molecule has 0 aromatic carbocycles. The molecule has 0 aliphatic carbocycles. The molecule has 2 heterocycles. The summed E-state index contributed by atoms with van der Waals surface area (Å²) in [4.78, 5) is 50.4. The summed E-state index contributed by atoms with van der Waals surface area (Å²) < 4.78 is 0. The van der Waals surface area contributed by atoms with Crippen molar-refractivity contribution in [3.8, 4) is 0 Å². The van der Waals surface area contributed by atoms with Gasteiger partial charge in [0, 0.05) is 51.2 Å². The third-order valence-corrected chi connectivity index (χ3v) is 6.34. The van der Waals surface area contributed by atoms with Crippen molar-refractivity contribution in [2.45, 2.75) is 78.6 Å². The standard InChI is InChI=1S/C24H39N3O4/c1-24(2,3)19-14-17-26(18-19)21(29)11-7-4-8-15-25-20(28)10-6-5-9-16-27-22(30)12-13-23(27)31/h12-13,19H,4-11,14-18H2,1-3H3,(H,25,28)/t19-/m1/s1. The van der Waals surface area contributed by atoms with E-state index in [4.69, 9.17) is 0 Å². The zero-order chi connectivity index (χ0) is 22.9. The fraction of sp³-hybridized carbons (Fsp3) is 0.750. The van der Waals surface area contributed by atoms with E-state index < -0.39 is 0 Å². The van der Waals surface area contributed by atoms with Gasteiger partial charge in [0.05, 0.1) is 0 Å². The third-order valence-electron chi connectivity index (χ3n) is 6.34. The number of rotatable bonds is 12. The second-order valence-corrected chi connectivity index (χ2v) is 9.82. The molecule has 0 aromatic heterocycles. The number of nitrogens with one attached hydrogen (secondary N) is 1. The van der Waals surface area contributed by atoms with Crippen LogP contribution in [0.5, 0.6) is 0 Å². The molecule has 7 heteroatoms. The molecule has 31 heavy (non-hydrogen) atoms. The molecule has 2 aliphatic rings. The van der Waals surface area contributed by atoms with E-state index in [-0.39, 0.29) is 29.0 Å². The van der Waals surface area contributed by atoms with Crippen molar-refractivity contribution in [2.24, 2.45) is 11.3 Å². The van der Waals surface area contributed by atoms with E-state index in [9.17, 15) is 19.2 Å². The number of unbranched alkanes of at least 4 members (excludes halogenated alkanes) is 4. The van der Waals surface area contributed by atoms with Crippen molar-refractivity contribution in [3.63, 3.8) is 0 Å². The maximum absolute atomic E-state index is 12.4. The molecule has 0 unspecified atom stereocenters. The summed E-state index contributed by atoms with van der Waals surface area (Å²) in [6.07, 6.45) is 9.71. The van der Waals surface area contributed by atoms with Crippen molar-refractivity contribution < 1.29 is 19.2 Å². The molecule has 0 radical (unpaired) electrons. The van der Waals surface area contributed by atoms with Crippen LogP contribution < -0.4 is 5.32 Å². The largest absolute Gasteiger partial charge is 0.356 e. The number of nitrogens with zero attached hydrogens (tertiary/aromatic N) is 2. The van der Waals surface area contributed by atoms with Gasteiger partial charge in [0.15, 0.2) is 0 Å². The van der Waals surface area contributed by atoms with E-state index in [1.165, 1.54) is 17.1 Å². The first-order valence-corrected chi connectivity index (χ1v) is 11.8. The number of carbonyl (C=O) groups is 4. The Kier molecular flexibility index (Phi) is 9.72. The maximum atomic E-state index is 12.4. The second kappa shape index (κ2) is 12.0. The van der Waals surface area contributed by atoms with Gasteiger partial charge in [0.2, 0.25) is 11.8 Å². The van der Waals surface area contributed by atoms with Crippen LogP contribution in [0.2, 0.25) is 0 Å². The van der Waals surface area contributed by atoms with Crippen LogP contribution in [0.3, 0.4) is 0 Å². The summed E-state index contributed by atoms with van der Waals surface area (Å²) in [7, 11) is 0. The number of carbonyl (C=O) groups excluding carboxylic acids is 4. The molecule has 0 spiro atoms. The highest BCUT2D eigenvalue weighted by molar-refractivity contribution is 6.12. The third kappa shape index (κ3) is 8.46. The molecule has 1 fully saturated rings. The molecule has 2 aliphatic heterocycles. The SMILES string of the molecule is CC(C)(C)[C@@H]1CCN(C(=O)CCCCCNC(=O)CCCCCN2C(=O)C=CC2=O)C1. The van der Waals surface area contributed by atoms with Crippen molar-refractivity contribution in [2.75, 3.05) is 26.2 Å². The van der Waals surface area contributed by atoms with Crippen LogP contribution in [0.4, 0.5) is 0 Å². The predicted molar refractivity (Wildman–Crippen MR) is 120 cm³/mol. The van der Waals surface area contributed by atoms with Crippen LogP contribution in [-0.4, -0.2) is 59.6 Å². The zero-order valence-corrected chi connectivity index (χ0v) is 19.5. The lowest BCUT2D eigenvalue weighted by Crippen LogP contribution is -2.31. The van der Waals surface area contributed by atoms with Crippen molar-refractivity contribution in [3.05, 3.63) is 12.2 Å². The number of hydrogen-bond donors (Lipinski definition) is 1. The summed E-state index contributed by atoms with van der Waals surface area (Å²) in [6, 6.07) is 0. The van der Waals surface area contributed by atoms with Gasteiger partial charge >= 0.3 is 0 Å². The number of likely N-dealkylation sites (tertiary alicyclic amines) is 1. The lowest BCUT2D eigenvalue weighted by molar-refractivity contribution is -0.137. The van der Waals surface area contributed by atoms with Gasteiger partial charge in [-0.15, -0.1) is 0 Å². The first-order valence-electron chi connectivity index (χ1n) is 11.8. The smallest absolute Gasteiger partial charge is 0.253 e. The molecule has 7 nitrogen and oxygen atoms in total. The summed E-state index contributed by atoms with van der Waals surface area (Å²) in [5.41, 5.74) is 0.261. The lowest BCUT2D eigenvalue weighted by Gasteiger charge is -2.27. The molecule has 0 bridgehead atoms. The first kappa shape index (κ1) is 25.1. The number of hydrogen-bond acceptors (Lipinski definition) is 4. The normalized spacial score (nSPS) is 18.9. The van der Waals surface area contributed by atoms with E-state index in [0.717, 1.165) is 51.6 Å². The maximum Gasteiger partial charge on any atom is 0.253 e. The van der Waals surface area contributed by atoms with Crippen LogP contribution in [0, 0.1) is 11.3 Å². The van der Waals surface area contributed by atoms with E-state index in [0.29, 0.717) is 38.3 Å². The highest BCUT2D eigenvalue weighted by atomic mass is 16.2. The van der Waals surface area contributed by atoms with E-state index in [1.54, 1.807) is 0 Å². The summed E-state index contributed by atoms with van der Waals surface area (Å²) in [6.45, 7) is 9.58. The van der Waals surface area contributed by atoms with Gasteiger partial charge in [-0.1, -0.05) is 33.6 Å². The van der Waals surface area contributed by atoms with Gasteiger partial charge in [0.1, 0.15) is 0 Å². The highest BCUT2D eigenvalue weighted by Gasteiger charge is 2.33. The van der Waals surface area contributed by atoms with Crippen molar-refractivity contribution in [1.82, 2.24) is 15.1 Å². The minimum absolute atomic E-state index is 0.0383. The Morgan fingerprint density at radius 2 is 1.61 bits per heavy atom. The average molecular weight is 434 g/mol. The topological polar surface area (TPSA) is 86.8 Å². The molecule has 174 valence electrons. The summed E-state index contributed by atoms with van der Waals surface area (Å²) in [5, 5.41) is 2.93. The zero-order valence-electron chi connectivity index (χ0n) is 19.5. The Balaban J connectivity index is 1.42. The first-order chi connectivity index (χ1) is 14.7. The number of imide groups is 1. The van der Waals surface area contributed by atoms with Gasteiger partial charge in [-0.2, -0.15) is 0 Å². The molecular formula is C24H39N3O4. The minimum Gasteiger partial charge on any atom is -0.356 e. The Morgan fingerprint density at radius 3 is 2.26 bits per heavy atom. The summed E-state index contributed by atoms with van der Waals surface area (Å²) in [5.74, 6) is 0.395. The molecule has 4 amide bonds. The molecule has 0 aromatic rings. The molecule has 2 rings (SSSR count). The van der Waals surface area contributed by atoms with Gasteiger partial charge in [-0.25, -0.2) is 0 Å². The van der Waals surface area contributed by atoms with Gasteiger partial charge < -0.3 is 10.2 Å². The van der Waals surface area contributed by atoms with Crippen molar-refractivity contribution >= 4 is 23.6 Å². The van der Waals surface area contributed by atoms with Gasteiger partial charge in [-0.05, 0) is 43.4 Å². The summed E-state index contributed by atoms with van der Waals surface area (Å²) >= 11 is 0. The van der Waals surface area contributed by atoms with E-state index in [1.807, 2.05) is 4.90 Å². The highest BCUT2D eigenvalue weighted by Crippen LogP contribution is 2.33.